The molecule has 0 saturated carbocycles. The number of aromatic nitrogens is 6. The Morgan fingerprint density at radius 2 is 2.20 bits per heavy atom. The number of H-pyrrole nitrogens is 1. The van der Waals surface area contributed by atoms with Crippen molar-refractivity contribution < 1.29 is 0 Å². The quantitative estimate of drug-likeness (QED) is 0.710. The summed E-state index contributed by atoms with van der Waals surface area (Å²) in [6.07, 6.45) is 0. The largest absolute Gasteiger partial charge is 0.384 e. The zero-order valence-corrected chi connectivity index (χ0v) is 12.1. The average Bonchev–Trinajstić information content (AvgIpc) is 3.01. The Morgan fingerprint density at radius 3 is 3.00 bits per heavy atom. The minimum absolute atomic E-state index is 0.453. The highest BCUT2D eigenvalue weighted by Crippen LogP contribution is 2.29. The maximum Gasteiger partial charge on any atom is 0.204 e. The predicted molar refractivity (Wildman–Crippen MR) is 78.3 cm³/mol. The summed E-state index contributed by atoms with van der Waals surface area (Å²) in [7, 11) is 0. The lowest BCUT2D eigenvalue weighted by atomic mass is 10.4. The molecule has 0 radical (unpaired) electrons. The normalized spacial score (nSPS) is 11.3. The van der Waals surface area contributed by atoms with Crippen LogP contribution in [0.4, 0.5) is 5.82 Å². The van der Waals surface area contributed by atoms with Crippen LogP contribution < -0.4 is 5.73 Å². The number of hydrogen-bond acceptors (Lipinski definition) is 6. The molecule has 3 N–H and O–H groups in total. The molecule has 0 amide bonds. The maximum atomic E-state index is 5.79. The molecular formula is C12H15N7S. The van der Waals surface area contributed by atoms with Gasteiger partial charge in [0.25, 0.3) is 0 Å². The number of fused-ring (bicyclic) bond motifs is 1. The predicted octanol–water partition coefficient (Wildman–Crippen LogP) is 1.75. The van der Waals surface area contributed by atoms with E-state index in [1.165, 1.54) is 5.69 Å². The molecule has 3 heterocycles. The van der Waals surface area contributed by atoms with Crippen molar-refractivity contribution in [2.45, 2.75) is 31.0 Å². The van der Waals surface area contributed by atoms with Crippen LogP contribution in [0.15, 0.2) is 17.0 Å². The molecule has 0 unspecified atom stereocenters. The van der Waals surface area contributed by atoms with Crippen molar-refractivity contribution in [2.24, 2.45) is 0 Å². The molecule has 0 aliphatic heterocycles. The van der Waals surface area contributed by atoms with E-state index in [9.17, 15) is 0 Å². The number of thioether (sulfide) groups is 1. The topological polar surface area (TPSA) is 98.3 Å². The summed E-state index contributed by atoms with van der Waals surface area (Å²) >= 11 is 1.66. The number of rotatable bonds is 4. The van der Waals surface area contributed by atoms with E-state index in [2.05, 4.69) is 38.5 Å². The Bertz CT molecular complexity index is 745. The first kappa shape index (κ1) is 12.9. The molecule has 0 aliphatic carbocycles. The summed E-state index contributed by atoms with van der Waals surface area (Å²) in [6, 6.07) is 3.93. The molecule has 0 spiro atoms. The number of pyridine rings is 1. The van der Waals surface area contributed by atoms with Crippen LogP contribution >= 0.6 is 11.8 Å². The first-order valence-corrected chi connectivity index (χ1v) is 7.29. The summed E-state index contributed by atoms with van der Waals surface area (Å²) in [5.41, 5.74) is 9.30. The molecule has 104 valence electrons. The molecule has 0 aromatic carbocycles. The minimum Gasteiger partial charge on any atom is -0.384 e. The highest BCUT2D eigenvalue weighted by molar-refractivity contribution is 7.98. The highest BCUT2D eigenvalue weighted by Gasteiger charge is 2.11. The van der Waals surface area contributed by atoms with Gasteiger partial charge in [0.1, 0.15) is 11.3 Å². The Hall–Kier alpha value is -2.09. The van der Waals surface area contributed by atoms with Crippen LogP contribution in [0.1, 0.15) is 18.3 Å². The molecule has 0 fully saturated rings. The lowest BCUT2D eigenvalue weighted by Gasteiger charge is -2.05. The van der Waals surface area contributed by atoms with Crippen molar-refractivity contribution in [3.8, 4) is 0 Å². The van der Waals surface area contributed by atoms with Gasteiger partial charge < -0.3 is 5.73 Å². The van der Waals surface area contributed by atoms with E-state index in [1.54, 1.807) is 11.8 Å². The van der Waals surface area contributed by atoms with Crippen LogP contribution in [0.25, 0.3) is 11.2 Å². The molecule has 0 atom stereocenters. The van der Waals surface area contributed by atoms with E-state index in [4.69, 9.17) is 5.73 Å². The van der Waals surface area contributed by atoms with Crippen molar-refractivity contribution >= 4 is 28.7 Å². The summed E-state index contributed by atoms with van der Waals surface area (Å²) in [4.78, 5) is 5.11. The van der Waals surface area contributed by atoms with Crippen molar-refractivity contribution in [3.63, 3.8) is 0 Å². The van der Waals surface area contributed by atoms with Gasteiger partial charge in [-0.25, -0.2) is 4.98 Å². The fourth-order valence-corrected chi connectivity index (χ4v) is 3.09. The van der Waals surface area contributed by atoms with E-state index in [0.29, 0.717) is 11.5 Å². The Kier molecular flexibility index (Phi) is 3.31. The van der Waals surface area contributed by atoms with Gasteiger partial charge in [-0.15, -0.1) is 16.9 Å². The minimum atomic E-state index is 0.453. The standard InChI is InChI=1S/C12H15N7S/c1-3-19-8(4-7(2)17-19)6-20-9-5-10(13)14-12-11(9)15-18-16-12/h4-5H,3,6H2,1-2H3,(H3,13,14,15,16,18). The van der Waals surface area contributed by atoms with E-state index in [1.807, 2.05) is 17.7 Å². The Balaban J connectivity index is 1.88. The van der Waals surface area contributed by atoms with Crippen molar-refractivity contribution in [1.82, 2.24) is 30.2 Å². The van der Waals surface area contributed by atoms with Gasteiger partial charge in [-0.05, 0) is 26.0 Å². The van der Waals surface area contributed by atoms with Gasteiger partial charge in [0.15, 0.2) is 0 Å². The molecular weight excluding hydrogens is 274 g/mol. The van der Waals surface area contributed by atoms with E-state index < -0.39 is 0 Å². The zero-order valence-electron chi connectivity index (χ0n) is 11.3. The van der Waals surface area contributed by atoms with Crippen molar-refractivity contribution in [3.05, 3.63) is 23.5 Å². The fourth-order valence-electron chi connectivity index (χ4n) is 2.08. The summed E-state index contributed by atoms with van der Waals surface area (Å²) < 4.78 is 2.01. The molecule has 3 aromatic rings. The second kappa shape index (κ2) is 5.12. The number of anilines is 1. The first-order valence-electron chi connectivity index (χ1n) is 6.30. The Labute approximate surface area is 120 Å². The number of aromatic amines is 1. The van der Waals surface area contributed by atoms with Gasteiger partial charge in [0.2, 0.25) is 5.65 Å². The van der Waals surface area contributed by atoms with E-state index >= 15 is 0 Å². The van der Waals surface area contributed by atoms with Crippen molar-refractivity contribution in [1.29, 1.82) is 0 Å². The highest BCUT2D eigenvalue weighted by atomic mass is 32.2. The smallest absolute Gasteiger partial charge is 0.204 e. The van der Waals surface area contributed by atoms with Gasteiger partial charge in [0.05, 0.1) is 5.69 Å². The van der Waals surface area contributed by atoms with Gasteiger partial charge >= 0.3 is 0 Å². The number of nitrogens with two attached hydrogens (primary N) is 1. The molecule has 0 bridgehead atoms. The first-order chi connectivity index (χ1) is 9.67. The number of nitrogens with zero attached hydrogens (tertiary/aromatic N) is 5. The molecule has 3 rings (SSSR count). The molecule has 0 saturated heterocycles. The zero-order chi connectivity index (χ0) is 14.1. The van der Waals surface area contributed by atoms with Gasteiger partial charge in [-0.3, -0.25) is 4.68 Å². The van der Waals surface area contributed by atoms with Crippen molar-refractivity contribution in [2.75, 3.05) is 5.73 Å². The number of aryl methyl sites for hydroxylation is 2. The van der Waals surface area contributed by atoms with Gasteiger partial charge in [-0.1, -0.05) is 0 Å². The van der Waals surface area contributed by atoms with Crippen LogP contribution in [0, 0.1) is 6.92 Å². The second-order valence-electron chi connectivity index (χ2n) is 4.42. The summed E-state index contributed by atoms with van der Waals surface area (Å²) in [5.74, 6) is 1.26. The molecule has 7 nitrogen and oxygen atoms in total. The Morgan fingerprint density at radius 1 is 1.35 bits per heavy atom. The summed E-state index contributed by atoms with van der Waals surface area (Å²) in [6.45, 7) is 4.95. The number of nitrogen functional groups attached to an aromatic ring is 1. The van der Waals surface area contributed by atoms with E-state index in [-0.39, 0.29) is 0 Å². The van der Waals surface area contributed by atoms with Crippen LogP contribution in [0.3, 0.4) is 0 Å². The van der Waals surface area contributed by atoms with Crippen LogP contribution in [0.2, 0.25) is 0 Å². The fraction of sp³-hybridized carbons (Fsp3) is 0.333. The number of hydrogen-bond donors (Lipinski definition) is 2. The molecule has 3 aromatic heterocycles. The third kappa shape index (κ3) is 2.34. The lowest BCUT2D eigenvalue weighted by Crippen LogP contribution is -2.01. The van der Waals surface area contributed by atoms with Crippen LogP contribution in [-0.4, -0.2) is 30.2 Å². The molecule has 0 aliphatic rings. The third-order valence-corrected chi connectivity index (χ3v) is 4.00. The lowest BCUT2D eigenvalue weighted by molar-refractivity contribution is 0.632. The average molecular weight is 289 g/mol. The molecule has 8 heteroatoms. The summed E-state index contributed by atoms with van der Waals surface area (Å²) in [5, 5.41) is 15.1. The van der Waals surface area contributed by atoms with Gasteiger partial charge in [0, 0.05) is 22.9 Å². The third-order valence-electron chi connectivity index (χ3n) is 2.94. The SMILES string of the molecule is CCn1nc(C)cc1CSc1cc(N)nc2n[nH]nc12. The monoisotopic (exact) mass is 289 g/mol. The second-order valence-corrected chi connectivity index (χ2v) is 5.44. The van der Waals surface area contributed by atoms with Crippen LogP contribution in [-0.2, 0) is 12.3 Å². The number of nitrogens with one attached hydrogen (secondary N) is 1. The maximum absolute atomic E-state index is 5.79. The van der Waals surface area contributed by atoms with Crippen LogP contribution in [0.5, 0.6) is 0 Å². The van der Waals surface area contributed by atoms with E-state index in [0.717, 1.165) is 28.4 Å². The van der Waals surface area contributed by atoms with Gasteiger partial charge in [-0.2, -0.15) is 15.4 Å². The molecule has 20 heavy (non-hydrogen) atoms.